The summed E-state index contributed by atoms with van der Waals surface area (Å²) in [5.41, 5.74) is 1.96. The summed E-state index contributed by atoms with van der Waals surface area (Å²) in [6, 6.07) is 12.7. The third-order valence-corrected chi connectivity index (χ3v) is 3.78. The van der Waals surface area contributed by atoms with Gasteiger partial charge in [0.05, 0.1) is 10.5 Å². The Morgan fingerprint density at radius 3 is 2.37 bits per heavy atom. The van der Waals surface area contributed by atoms with Crippen LogP contribution in [-0.2, 0) is 0 Å². The number of benzene rings is 2. The maximum absolute atomic E-state index is 13.7. The van der Waals surface area contributed by atoms with Gasteiger partial charge in [0, 0.05) is 5.02 Å². The van der Waals surface area contributed by atoms with Gasteiger partial charge in [-0.3, -0.25) is 0 Å². The number of hydrogen-bond donors (Lipinski definition) is 1. The van der Waals surface area contributed by atoms with Crippen LogP contribution in [0, 0.1) is 5.82 Å². The summed E-state index contributed by atoms with van der Waals surface area (Å²) in [6.07, 6.45) is 0. The van der Waals surface area contributed by atoms with Crippen LogP contribution >= 0.6 is 27.5 Å². The molecular formula is C15H14BrClFN. The molecule has 0 aliphatic carbocycles. The zero-order valence-corrected chi connectivity index (χ0v) is 12.8. The zero-order valence-electron chi connectivity index (χ0n) is 10.5. The van der Waals surface area contributed by atoms with Crippen LogP contribution < -0.4 is 5.32 Å². The number of nitrogens with one attached hydrogen (secondary N) is 1. The normalized spacial score (nSPS) is 12.4. The molecule has 0 heterocycles. The van der Waals surface area contributed by atoms with Gasteiger partial charge in [-0.1, -0.05) is 36.7 Å². The first-order valence-electron chi connectivity index (χ1n) is 6.05. The standard InChI is InChI=1S/C15H14BrClFN/c1-2-19-15(10-3-6-12(17)7-4-10)11-5-8-13(16)14(18)9-11/h3-9,15,19H,2H2,1H3. The second kappa shape index (κ2) is 6.51. The maximum atomic E-state index is 13.7. The highest BCUT2D eigenvalue weighted by Crippen LogP contribution is 2.26. The van der Waals surface area contributed by atoms with Gasteiger partial charge in [0.25, 0.3) is 0 Å². The van der Waals surface area contributed by atoms with Crippen LogP contribution in [0.5, 0.6) is 0 Å². The summed E-state index contributed by atoms with van der Waals surface area (Å²) in [7, 11) is 0. The first-order valence-corrected chi connectivity index (χ1v) is 7.22. The van der Waals surface area contributed by atoms with Crippen molar-refractivity contribution >= 4 is 27.5 Å². The van der Waals surface area contributed by atoms with Gasteiger partial charge in [0.15, 0.2) is 0 Å². The van der Waals surface area contributed by atoms with Gasteiger partial charge < -0.3 is 5.32 Å². The molecular weight excluding hydrogens is 329 g/mol. The second-order valence-corrected chi connectivity index (χ2v) is 5.51. The molecule has 1 nitrogen and oxygen atoms in total. The third-order valence-electron chi connectivity index (χ3n) is 2.89. The molecule has 0 saturated heterocycles. The number of rotatable bonds is 4. The molecule has 0 saturated carbocycles. The largest absolute Gasteiger partial charge is 0.307 e. The zero-order chi connectivity index (χ0) is 13.8. The van der Waals surface area contributed by atoms with Crippen LogP contribution in [0.4, 0.5) is 4.39 Å². The molecule has 2 rings (SSSR count). The highest BCUT2D eigenvalue weighted by Gasteiger charge is 2.14. The molecule has 0 bridgehead atoms. The molecule has 4 heteroatoms. The van der Waals surface area contributed by atoms with E-state index in [2.05, 4.69) is 21.2 Å². The molecule has 1 atom stereocenters. The highest BCUT2D eigenvalue weighted by atomic mass is 79.9. The molecule has 0 aliphatic rings. The van der Waals surface area contributed by atoms with Crippen molar-refractivity contribution < 1.29 is 4.39 Å². The molecule has 100 valence electrons. The molecule has 1 unspecified atom stereocenters. The molecule has 0 fully saturated rings. The Bertz CT molecular complexity index is 557. The smallest absolute Gasteiger partial charge is 0.137 e. The third kappa shape index (κ3) is 3.56. The fraction of sp³-hybridized carbons (Fsp3) is 0.200. The summed E-state index contributed by atoms with van der Waals surface area (Å²) in [6.45, 7) is 2.82. The Balaban J connectivity index is 2.38. The van der Waals surface area contributed by atoms with Crippen molar-refractivity contribution in [2.45, 2.75) is 13.0 Å². The predicted octanol–water partition coefficient (Wildman–Crippen LogP) is 4.94. The Kier molecular flexibility index (Phi) is 4.97. The lowest BCUT2D eigenvalue weighted by atomic mass is 9.98. The molecule has 2 aromatic rings. The lowest BCUT2D eigenvalue weighted by Crippen LogP contribution is -2.22. The molecule has 0 radical (unpaired) electrons. The van der Waals surface area contributed by atoms with Gasteiger partial charge in [-0.05, 0) is 57.9 Å². The maximum Gasteiger partial charge on any atom is 0.137 e. The van der Waals surface area contributed by atoms with Crippen LogP contribution in [0.15, 0.2) is 46.9 Å². The number of halogens is 3. The lowest BCUT2D eigenvalue weighted by molar-refractivity contribution is 0.599. The SMILES string of the molecule is CCNC(c1ccc(Cl)cc1)c1ccc(Br)c(F)c1. The first-order chi connectivity index (χ1) is 9.11. The van der Waals surface area contributed by atoms with Crippen LogP contribution in [0.25, 0.3) is 0 Å². The van der Waals surface area contributed by atoms with Crippen molar-refractivity contribution in [1.29, 1.82) is 0 Å². The fourth-order valence-corrected chi connectivity index (χ4v) is 2.35. The fourth-order valence-electron chi connectivity index (χ4n) is 1.98. The molecule has 2 aromatic carbocycles. The van der Waals surface area contributed by atoms with E-state index in [0.717, 1.165) is 17.7 Å². The summed E-state index contributed by atoms with van der Waals surface area (Å²) in [4.78, 5) is 0. The molecule has 0 aliphatic heterocycles. The van der Waals surface area contributed by atoms with Crippen molar-refractivity contribution in [3.8, 4) is 0 Å². The predicted molar refractivity (Wildman–Crippen MR) is 81.1 cm³/mol. The van der Waals surface area contributed by atoms with Crippen LogP contribution in [0.2, 0.25) is 5.02 Å². The molecule has 0 aromatic heterocycles. The van der Waals surface area contributed by atoms with E-state index in [1.54, 1.807) is 12.1 Å². The van der Waals surface area contributed by atoms with E-state index in [1.165, 1.54) is 0 Å². The topological polar surface area (TPSA) is 12.0 Å². The Labute approximate surface area is 125 Å². The minimum absolute atomic E-state index is 0.0372. The van der Waals surface area contributed by atoms with Crippen LogP contribution in [0.3, 0.4) is 0 Å². The van der Waals surface area contributed by atoms with Gasteiger partial charge in [-0.25, -0.2) is 4.39 Å². The van der Waals surface area contributed by atoms with Crippen molar-refractivity contribution in [2.24, 2.45) is 0 Å². The Hall–Kier alpha value is -0.900. The summed E-state index contributed by atoms with van der Waals surface area (Å²) in [5.74, 6) is -0.255. The highest BCUT2D eigenvalue weighted by molar-refractivity contribution is 9.10. The van der Waals surface area contributed by atoms with Gasteiger partial charge >= 0.3 is 0 Å². The van der Waals surface area contributed by atoms with E-state index in [0.29, 0.717) is 9.50 Å². The van der Waals surface area contributed by atoms with Gasteiger partial charge in [0.2, 0.25) is 0 Å². The monoisotopic (exact) mass is 341 g/mol. The van der Waals surface area contributed by atoms with Crippen molar-refractivity contribution in [1.82, 2.24) is 5.32 Å². The van der Waals surface area contributed by atoms with E-state index in [-0.39, 0.29) is 11.9 Å². The van der Waals surface area contributed by atoms with Gasteiger partial charge in [-0.15, -0.1) is 0 Å². The van der Waals surface area contributed by atoms with E-state index in [1.807, 2.05) is 37.3 Å². The quantitative estimate of drug-likeness (QED) is 0.830. The number of hydrogen-bond acceptors (Lipinski definition) is 1. The van der Waals surface area contributed by atoms with Crippen LogP contribution in [-0.4, -0.2) is 6.54 Å². The molecule has 19 heavy (non-hydrogen) atoms. The molecule has 1 N–H and O–H groups in total. The minimum Gasteiger partial charge on any atom is -0.307 e. The van der Waals surface area contributed by atoms with Crippen molar-refractivity contribution in [3.05, 3.63) is 68.9 Å². The molecule has 0 amide bonds. The van der Waals surface area contributed by atoms with Crippen molar-refractivity contribution in [2.75, 3.05) is 6.54 Å². The second-order valence-electron chi connectivity index (χ2n) is 4.22. The van der Waals surface area contributed by atoms with E-state index >= 15 is 0 Å². The summed E-state index contributed by atoms with van der Waals surface area (Å²) >= 11 is 9.07. The summed E-state index contributed by atoms with van der Waals surface area (Å²) in [5, 5.41) is 4.05. The first kappa shape index (κ1) is 14.5. The van der Waals surface area contributed by atoms with Crippen molar-refractivity contribution in [3.63, 3.8) is 0 Å². The van der Waals surface area contributed by atoms with Gasteiger partial charge in [-0.2, -0.15) is 0 Å². The molecule has 0 spiro atoms. The van der Waals surface area contributed by atoms with E-state index in [4.69, 9.17) is 11.6 Å². The summed E-state index contributed by atoms with van der Waals surface area (Å²) < 4.78 is 14.1. The van der Waals surface area contributed by atoms with E-state index < -0.39 is 0 Å². The Morgan fingerprint density at radius 1 is 1.16 bits per heavy atom. The average molecular weight is 343 g/mol. The lowest BCUT2D eigenvalue weighted by Gasteiger charge is -2.19. The average Bonchev–Trinajstić information content (AvgIpc) is 2.41. The van der Waals surface area contributed by atoms with E-state index in [9.17, 15) is 4.39 Å². The minimum atomic E-state index is -0.255. The van der Waals surface area contributed by atoms with Gasteiger partial charge in [0.1, 0.15) is 5.82 Å². The van der Waals surface area contributed by atoms with Crippen LogP contribution in [0.1, 0.15) is 24.1 Å². The Morgan fingerprint density at radius 2 is 1.79 bits per heavy atom.